The van der Waals surface area contributed by atoms with E-state index < -0.39 is 0 Å². The lowest BCUT2D eigenvalue weighted by Gasteiger charge is -2.17. The van der Waals surface area contributed by atoms with Gasteiger partial charge in [0.25, 0.3) is 5.91 Å². The van der Waals surface area contributed by atoms with Gasteiger partial charge in [-0.25, -0.2) is 0 Å². The largest absolute Gasteiger partial charge is 0.379 e. The fourth-order valence-electron chi connectivity index (χ4n) is 2.11. The van der Waals surface area contributed by atoms with Crippen LogP contribution in [0.1, 0.15) is 34.5 Å². The molecule has 0 aliphatic rings. The number of amides is 1. The number of hydrogen-bond acceptors (Lipinski definition) is 2. The number of hydrogen-bond donors (Lipinski definition) is 2. The molecule has 4 heteroatoms. The molecule has 0 aliphatic heterocycles. The second-order valence-corrected chi connectivity index (χ2v) is 5.46. The van der Waals surface area contributed by atoms with Crippen molar-refractivity contribution >= 4 is 23.2 Å². The molecule has 0 aliphatic carbocycles. The van der Waals surface area contributed by atoms with Crippen molar-refractivity contribution in [1.29, 1.82) is 0 Å². The van der Waals surface area contributed by atoms with Crippen molar-refractivity contribution in [2.75, 3.05) is 12.4 Å². The molecule has 1 unspecified atom stereocenters. The fourth-order valence-corrected chi connectivity index (χ4v) is 2.32. The summed E-state index contributed by atoms with van der Waals surface area (Å²) >= 11 is 6.05. The maximum Gasteiger partial charge on any atom is 0.252 e. The molecule has 0 saturated heterocycles. The lowest BCUT2D eigenvalue weighted by molar-refractivity contribution is 0.0963. The van der Waals surface area contributed by atoms with E-state index in [1.54, 1.807) is 19.2 Å². The van der Waals surface area contributed by atoms with Gasteiger partial charge in [0.1, 0.15) is 0 Å². The van der Waals surface area contributed by atoms with Crippen LogP contribution in [0.5, 0.6) is 0 Å². The number of nitrogens with one attached hydrogen (secondary N) is 2. The normalized spacial score (nSPS) is 11.8. The van der Waals surface area contributed by atoms with Crippen molar-refractivity contribution in [2.24, 2.45) is 0 Å². The van der Waals surface area contributed by atoms with Gasteiger partial charge in [-0.05, 0) is 37.6 Å². The Labute approximate surface area is 130 Å². The van der Waals surface area contributed by atoms with Gasteiger partial charge in [-0.2, -0.15) is 0 Å². The third kappa shape index (κ3) is 3.76. The predicted molar refractivity (Wildman–Crippen MR) is 88.1 cm³/mol. The van der Waals surface area contributed by atoms with Crippen molar-refractivity contribution < 1.29 is 4.79 Å². The van der Waals surface area contributed by atoms with E-state index in [0.717, 1.165) is 5.69 Å². The molecule has 2 rings (SSSR count). The first-order valence-electron chi connectivity index (χ1n) is 6.86. The standard InChI is InChI=1S/C17H19ClN2O/c1-11-4-6-13(7-5-11)12(2)20-14-8-9-16(18)15(10-14)17(21)19-3/h4-10,12,20H,1-3H3,(H,19,21). The van der Waals surface area contributed by atoms with Crippen LogP contribution in [0.25, 0.3) is 0 Å². The number of carbonyl (C=O) groups excluding carboxylic acids is 1. The van der Waals surface area contributed by atoms with Gasteiger partial charge in [0.2, 0.25) is 0 Å². The zero-order chi connectivity index (χ0) is 15.4. The number of halogens is 1. The van der Waals surface area contributed by atoms with E-state index in [0.29, 0.717) is 10.6 Å². The second kappa shape index (κ2) is 6.64. The molecule has 0 saturated carbocycles. The molecule has 0 heterocycles. The number of rotatable bonds is 4. The Hall–Kier alpha value is -2.00. The van der Waals surface area contributed by atoms with E-state index in [1.807, 2.05) is 6.07 Å². The lowest BCUT2D eigenvalue weighted by atomic mass is 10.1. The van der Waals surface area contributed by atoms with Crippen LogP contribution in [-0.4, -0.2) is 13.0 Å². The minimum absolute atomic E-state index is 0.143. The summed E-state index contributed by atoms with van der Waals surface area (Å²) in [4.78, 5) is 11.8. The lowest BCUT2D eigenvalue weighted by Crippen LogP contribution is -2.18. The van der Waals surface area contributed by atoms with Crippen LogP contribution in [0.3, 0.4) is 0 Å². The summed E-state index contributed by atoms with van der Waals surface area (Å²) in [6.07, 6.45) is 0. The first-order chi connectivity index (χ1) is 10.0. The third-order valence-electron chi connectivity index (χ3n) is 3.40. The molecule has 1 atom stereocenters. The summed E-state index contributed by atoms with van der Waals surface area (Å²) in [6, 6.07) is 13.9. The summed E-state index contributed by atoms with van der Waals surface area (Å²) in [5, 5.41) is 6.42. The van der Waals surface area contributed by atoms with Gasteiger partial charge in [-0.1, -0.05) is 41.4 Å². The van der Waals surface area contributed by atoms with Crippen LogP contribution < -0.4 is 10.6 Å². The highest BCUT2D eigenvalue weighted by atomic mass is 35.5. The molecule has 0 fully saturated rings. The Kier molecular flexibility index (Phi) is 4.86. The molecule has 1 amide bonds. The van der Waals surface area contributed by atoms with E-state index >= 15 is 0 Å². The Morgan fingerprint density at radius 1 is 1.14 bits per heavy atom. The van der Waals surface area contributed by atoms with Gasteiger partial charge >= 0.3 is 0 Å². The average Bonchev–Trinajstić information content (AvgIpc) is 2.49. The van der Waals surface area contributed by atoms with Crippen molar-refractivity contribution in [3.63, 3.8) is 0 Å². The zero-order valence-electron chi connectivity index (χ0n) is 12.4. The smallest absolute Gasteiger partial charge is 0.252 e. The van der Waals surface area contributed by atoms with Crippen LogP contribution in [0.15, 0.2) is 42.5 Å². The molecule has 2 aromatic carbocycles. The van der Waals surface area contributed by atoms with Crippen LogP contribution >= 0.6 is 11.6 Å². The molecule has 2 N–H and O–H groups in total. The van der Waals surface area contributed by atoms with Crippen LogP contribution in [-0.2, 0) is 0 Å². The number of benzene rings is 2. The van der Waals surface area contributed by atoms with Gasteiger partial charge < -0.3 is 10.6 Å². The van der Waals surface area contributed by atoms with Gasteiger partial charge in [-0.15, -0.1) is 0 Å². The number of anilines is 1. The van der Waals surface area contributed by atoms with Crippen LogP contribution in [0, 0.1) is 6.92 Å². The highest BCUT2D eigenvalue weighted by Crippen LogP contribution is 2.24. The monoisotopic (exact) mass is 302 g/mol. The highest BCUT2D eigenvalue weighted by molar-refractivity contribution is 6.34. The minimum Gasteiger partial charge on any atom is -0.379 e. The SMILES string of the molecule is CNC(=O)c1cc(NC(C)c2ccc(C)cc2)ccc1Cl. The van der Waals surface area contributed by atoms with Crippen LogP contribution in [0.4, 0.5) is 5.69 Å². The highest BCUT2D eigenvalue weighted by Gasteiger charge is 2.11. The van der Waals surface area contributed by atoms with Gasteiger partial charge in [0, 0.05) is 18.8 Å². The summed E-state index contributed by atoms with van der Waals surface area (Å²) < 4.78 is 0. The Morgan fingerprint density at radius 3 is 2.43 bits per heavy atom. The molecule has 0 spiro atoms. The van der Waals surface area contributed by atoms with Gasteiger partial charge in [0.05, 0.1) is 10.6 Å². The maximum absolute atomic E-state index is 11.8. The second-order valence-electron chi connectivity index (χ2n) is 5.05. The first kappa shape index (κ1) is 15.4. The quantitative estimate of drug-likeness (QED) is 0.889. The molecule has 2 aromatic rings. The predicted octanol–water partition coefficient (Wildman–Crippen LogP) is 4.18. The van der Waals surface area contributed by atoms with Crippen molar-refractivity contribution in [3.8, 4) is 0 Å². The Bertz CT molecular complexity index is 638. The molecule has 21 heavy (non-hydrogen) atoms. The molecule has 0 radical (unpaired) electrons. The minimum atomic E-state index is -0.188. The summed E-state index contributed by atoms with van der Waals surface area (Å²) in [5.74, 6) is -0.188. The van der Waals surface area contributed by atoms with Crippen molar-refractivity contribution in [1.82, 2.24) is 5.32 Å². The average molecular weight is 303 g/mol. The van der Waals surface area contributed by atoms with E-state index in [9.17, 15) is 4.79 Å². The van der Waals surface area contributed by atoms with E-state index in [2.05, 4.69) is 48.7 Å². The van der Waals surface area contributed by atoms with E-state index in [4.69, 9.17) is 11.6 Å². The van der Waals surface area contributed by atoms with E-state index in [1.165, 1.54) is 11.1 Å². The molecule has 110 valence electrons. The number of carbonyl (C=O) groups is 1. The van der Waals surface area contributed by atoms with Gasteiger partial charge in [0.15, 0.2) is 0 Å². The molecular weight excluding hydrogens is 284 g/mol. The topological polar surface area (TPSA) is 41.1 Å². The fraction of sp³-hybridized carbons (Fsp3) is 0.235. The van der Waals surface area contributed by atoms with Gasteiger partial charge in [-0.3, -0.25) is 4.79 Å². The van der Waals surface area contributed by atoms with E-state index in [-0.39, 0.29) is 11.9 Å². The maximum atomic E-state index is 11.8. The summed E-state index contributed by atoms with van der Waals surface area (Å²) in [5.41, 5.74) is 3.77. The molecule has 0 bridgehead atoms. The van der Waals surface area contributed by atoms with Crippen molar-refractivity contribution in [3.05, 3.63) is 64.2 Å². The summed E-state index contributed by atoms with van der Waals surface area (Å²) in [6.45, 7) is 4.15. The zero-order valence-corrected chi connectivity index (χ0v) is 13.2. The summed E-state index contributed by atoms with van der Waals surface area (Å²) in [7, 11) is 1.59. The Morgan fingerprint density at radius 2 is 1.81 bits per heavy atom. The molecular formula is C17H19ClN2O. The third-order valence-corrected chi connectivity index (χ3v) is 3.73. The number of aryl methyl sites for hydroxylation is 1. The van der Waals surface area contributed by atoms with Crippen LogP contribution in [0.2, 0.25) is 5.02 Å². The molecule has 3 nitrogen and oxygen atoms in total. The molecule has 0 aromatic heterocycles. The van der Waals surface area contributed by atoms with Crippen molar-refractivity contribution in [2.45, 2.75) is 19.9 Å². The first-order valence-corrected chi connectivity index (χ1v) is 7.24. The Balaban J connectivity index is 2.19.